The number of thiophene rings is 1. The van der Waals surface area contributed by atoms with E-state index in [2.05, 4.69) is 53.2 Å². The van der Waals surface area contributed by atoms with Crippen LogP contribution in [0, 0.1) is 0 Å². The Morgan fingerprint density at radius 2 is 2.00 bits per heavy atom. The number of hydrogen-bond acceptors (Lipinski definition) is 3. The summed E-state index contributed by atoms with van der Waals surface area (Å²) in [6.45, 7) is 1.70. The van der Waals surface area contributed by atoms with Gasteiger partial charge in [-0.05, 0) is 29.9 Å². The molecule has 1 saturated carbocycles. The molecular weight excluding hydrogens is 266 g/mol. The van der Waals surface area contributed by atoms with Crippen LogP contribution in [0.4, 0.5) is 0 Å². The lowest BCUT2D eigenvalue weighted by Crippen LogP contribution is -2.25. The number of ether oxygens (including phenoxy) is 1. The smallest absolute Gasteiger partial charge is 0.0949 e. The average Bonchev–Trinajstić information content (AvgIpc) is 3.18. The molecule has 0 amide bonds. The quantitative estimate of drug-likeness (QED) is 0.797. The number of rotatable bonds is 8. The summed E-state index contributed by atoms with van der Waals surface area (Å²) in [6.07, 6.45) is 3.80. The van der Waals surface area contributed by atoms with Crippen molar-refractivity contribution in [3.05, 3.63) is 58.3 Å². The maximum atomic E-state index is 6.12. The minimum atomic E-state index is 0.164. The fraction of sp³-hybridized carbons (Fsp3) is 0.412. The van der Waals surface area contributed by atoms with E-state index in [0.29, 0.717) is 0 Å². The Hall–Kier alpha value is -1.16. The minimum absolute atomic E-state index is 0.164. The molecular formula is C17H21NOS. The van der Waals surface area contributed by atoms with Crippen LogP contribution in [0.25, 0.3) is 0 Å². The van der Waals surface area contributed by atoms with Crippen molar-refractivity contribution < 1.29 is 4.74 Å². The van der Waals surface area contributed by atoms with Gasteiger partial charge in [-0.15, -0.1) is 11.3 Å². The fourth-order valence-electron chi connectivity index (χ4n) is 2.26. The predicted octanol–water partition coefficient (Wildman–Crippen LogP) is 3.80. The average molecular weight is 287 g/mol. The highest BCUT2D eigenvalue weighted by atomic mass is 32.1. The topological polar surface area (TPSA) is 21.3 Å². The van der Waals surface area contributed by atoms with Crippen molar-refractivity contribution in [1.82, 2.24) is 5.32 Å². The van der Waals surface area contributed by atoms with Crippen LogP contribution in [-0.4, -0.2) is 19.2 Å². The number of benzene rings is 1. The van der Waals surface area contributed by atoms with Crippen molar-refractivity contribution >= 4 is 11.3 Å². The second-order valence-corrected chi connectivity index (χ2v) is 6.31. The normalized spacial score (nSPS) is 16.2. The van der Waals surface area contributed by atoms with E-state index >= 15 is 0 Å². The third kappa shape index (κ3) is 4.17. The van der Waals surface area contributed by atoms with Crippen molar-refractivity contribution in [3.63, 3.8) is 0 Å². The van der Waals surface area contributed by atoms with Gasteiger partial charge in [0.2, 0.25) is 0 Å². The van der Waals surface area contributed by atoms with Crippen molar-refractivity contribution in [2.24, 2.45) is 0 Å². The Morgan fingerprint density at radius 1 is 1.15 bits per heavy atom. The Kier molecular flexibility index (Phi) is 4.85. The van der Waals surface area contributed by atoms with Crippen molar-refractivity contribution in [2.45, 2.75) is 31.4 Å². The lowest BCUT2D eigenvalue weighted by Gasteiger charge is -2.19. The van der Waals surface area contributed by atoms with Crippen LogP contribution < -0.4 is 5.32 Å². The van der Waals surface area contributed by atoms with Crippen LogP contribution in [0.5, 0.6) is 0 Å². The molecule has 1 aliphatic rings. The first kappa shape index (κ1) is 13.8. The molecule has 1 fully saturated rings. The van der Waals surface area contributed by atoms with Crippen LogP contribution in [0.3, 0.4) is 0 Å². The molecule has 3 rings (SSSR count). The predicted molar refractivity (Wildman–Crippen MR) is 84.2 cm³/mol. The Labute approximate surface area is 124 Å². The standard InChI is InChI=1S/C17H21NOS/c1-2-5-14(6-3-1)17(13-18-15-8-9-15)19-11-10-16-7-4-12-20-16/h1-7,12,15,17-18H,8-11,13H2. The van der Waals surface area contributed by atoms with E-state index in [1.54, 1.807) is 11.3 Å². The Balaban J connectivity index is 1.53. The van der Waals surface area contributed by atoms with E-state index in [1.807, 2.05) is 0 Å². The maximum absolute atomic E-state index is 6.12. The molecule has 106 valence electrons. The molecule has 3 heteroatoms. The molecule has 0 bridgehead atoms. The molecule has 0 spiro atoms. The molecule has 0 saturated heterocycles. The number of hydrogen-bond donors (Lipinski definition) is 1. The van der Waals surface area contributed by atoms with Crippen molar-refractivity contribution in [3.8, 4) is 0 Å². The molecule has 1 aliphatic carbocycles. The summed E-state index contributed by atoms with van der Waals surface area (Å²) in [7, 11) is 0. The van der Waals surface area contributed by atoms with Crippen LogP contribution >= 0.6 is 11.3 Å². The summed E-state index contributed by atoms with van der Waals surface area (Å²) in [4.78, 5) is 1.40. The SMILES string of the molecule is c1ccc(C(CNC2CC2)OCCc2cccs2)cc1. The van der Waals surface area contributed by atoms with E-state index in [9.17, 15) is 0 Å². The van der Waals surface area contributed by atoms with Crippen LogP contribution in [0.15, 0.2) is 47.8 Å². The van der Waals surface area contributed by atoms with Gasteiger partial charge < -0.3 is 10.1 Å². The fourth-order valence-corrected chi connectivity index (χ4v) is 2.95. The zero-order chi connectivity index (χ0) is 13.6. The van der Waals surface area contributed by atoms with E-state index in [0.717, 1.165) is 25.6 Å². The summed E-state index contributed by atoms with van der Waals surface area (Å²) in [5, 5.41) is 5.70. The first-order chi connectivity index (χ1) is 9.92. The van der Waals surface area contributed by atoms with E-state index < -0.39 is 0 Å². The third-order valence-electron chi connectivity index (χ3n) is 3.59. The third-order valence-corrected chi connectivity index (χ3v) is 4.52. The first-order valence-corrected chi connectivity index (χ1v) is 8.22. The van der Waals surface area contributed by atoms with Gasteiger partial charge in [0.1, 0.15) is 0 Å². The summed E-state index contributed by atoms with van der Waals surface area (Å²) < 4.78 is 6.12. The van der Waals surface area contributed by atoms with Gasteiger partial charge in [0.15, 0.2) is 0 Å². The summed E-state index contributed by atoms with van der Waals surface area (Å²) in [6, 6.07) is 15.5. The molecule has 20 heavy (non-hydrogen) atoms. The first-order valence-electron chi connectivity index (χ1n) is 7.34. The van der Waals surface area contributed by atoms with Crippen LogP contribution in [-0.2, 0) is 11.2 Å². The molecule has 1 N–H and O–H groups in total. The Morgan fingerprint density at radius 3 is 2.70 bits per heavy atom. The van der Waals surface area contributed by atoms with Gasteiger partial charge in [0.25, 0.3) is 0 Å². The molecule has 0 aliphatic heterocycles. The molecule has 2 aromatic rings. The molecule has 1 atom stereocenters. The zero-order valence-corrected chi connectivity index (χ0v) is 12.4. The zero-order valence-electron chi connectivity index (χ0n) is 11.6. The largest absolute Gasteiger partial charge is 0.372 e. The molecule has 2 nitrogen and oxygen atoms in total. The van der Waals surface area contributed by atoms with E-state index in [-0.39, 0.29) is 6.10 Å². The molecule has 1 heterocycles. The van der Waals surface area contributed by atoms with Gasteiger partial charge in [-0.2, -0.15) is 0 Å². The van der Waals surface area contributed by atoms with E-state index in [1.165, 1.54) is 23.3 Å². The number of nitrogens with one attached hydrogen (secondary N) is 1. The van der Waals surface area contributed by atoms with Gasteiger partial charge in [-0.3, -0.25) is 0 Å². The minimum Gasteiger partial charge on any atom is -0.372 e. The lowest BCUT2D eigenvalue weighted by molar-refractivity contribution is 0.0547. The maximum Gasteiger partial charge on any atom is 0.0949 e. The summed E-state index contributed by atoms with van der Waals surface area (Å²) in [5.74, 6) is 0. The molecule has 1 unspecified atom stereocenters. The van der Waals surface area contributed by atoms with Crippen LogP contribution in [0.1, 0.15) is 29.4 Å². The van der Waals surface area contributed by atoms with Gasteiger partial charge in [0, 0.05) is 23.9 Å². The highest BCUT2D eigenvalue weighted by molar-refractivity contribution is 7.09. The monoisotopic (exact) mass is 287 g/mol. The highest BCUT2D eigenvalue weighted by Gasteiger charge is 2.22. The van der Waals surface area contributed by atoms with E-state index in [4.69, 9.17) is 4.74 Å². The summed E-state index contributed by atoms with van der Waals surface area (Å²) in [5.41, 5.74) is 1.27. The summed E-state index contributed by atoms with van der Waals surface area (Å²) >= 11 is 1.80. The van der Waals surface area contributed by atoms with Gasteiger partial charge in [-0.25, -0.2) is 0 Å². The lowest BCUT2D eigenvalue weighted by atomic mass is 10.1. The van der Waals surface area contributed by atoms with Gasteiger partial charge in [-0.1, -0.05) is 36.4 Å². The Bertz CT molecular complexity index is 493. The van der Waals surface area contributed by atoms with Gasteiger partial charge in [0.05, 0.1) is 12.7 Å². The van der Waals surface area contributed by atoms with Gasteiger partial charge >= 0.3 is 0 Å². The molecule has 1 aromatic heterocycles. The molecule has 0 radical (unpaired) electrons. The van der Waals surface area contributed by atoms with Crippen LogP contribution in [0.2, 0.25) is 0 Å². The second-order valence-electron chi connectivity index (χ2n) is 5.28. The molecule has 1 aromatic carbocycles. The van der Waals surface area contributed by atoms with Crippen molar-refractivity contribution in [2.75, 3.05) is 13.2 Å². The highest BCUT2D eigenvalue weighted by Crippen LogP contribution is 2.22. The second kappa shape index (κ2) is 7.02. The van der Waals surface area contributed by atoms with Crippen molar-refractivity contribution in [1.29, 1.82) is 0 Å².